The van der Waals surface area contributed by atoms with E-state index in [2.05, 4.69) is 11.9 Å². The van der Waals surface area contributed by atoms with Crippen LogP contribution >= 0.6 is 7.82 Å². The molecule has 12 heteroatoms. The third-order valence-corrected chi connectivity index (χ3v) is 7.98. The molecule has 0 radical (unpaired) electrons. The summed E-state index contributed by atoms with van der Waals surface area (Å²) >= 11 is 0. The largest absolute Gasteiger partial charge is 0.479 e. The van der Waals surface area contributed by atoms with Gasteiger partial charge in [0.2, 0.25) is 0 Å². The molecule has 0 amide bonds. The molecule has 1 aromatic rings. The van der Waals surface area contributed by atoms with Gasteiger partial charge in [-0.1, -0.05) is 103 Å². The van der Waals surface area contributed by atoms with Crippen LogP contribution in [0.5, 0.6) is 0 Å². The number of aryl methyl sites for hydroxylation is 1. The summed E-state index contributed by atoms with van der Waals surface area (Å²) in [5.74, 6) is -1.32. The molecule has 4 atom stereocenters. The van der Waals surface area contributed by atoms with Crippen molar-refractivity contribution in [3.8, 4) is 0 Å². The lowest BCUT2D eigenvalue weighted by atomic mass is 10.0. The van der Waals surface area contributed by atoms with Crippen LogP contribution in [0.1, 0.15) is 115 Å². The zero-order valence-corrected chi connectivity index (χ0v) is 24.8. The van der Waals surface area contributed by atoms with Crippen LogP contribution in [0.2, 0.25) is 0 Å². The fraction of sp³-hybridized carbons (Fsp3) is 0.750. The Morgan fingerprint density at radius 3 is 2.10 bits per heavy atom. The van der Waals surface area contributed by atoms with Crippen molar-refractivity contribution in [2.75, 3.05) is 6.61 Å². The molecule has 228 valence electrons. The van der Waals surface area contributed by atoms with Gasteiger partial charge in [0, 0.05) is 11.8 Å². The summed E-state index contributed by atoms with van der Waals surface area (Å²) in [4.78, 5) is 47.4. The first-order valence-corrected chi connectivity index (χ1v) is 16.2. The number of aromatic amines is 1. The second-order valence-electron chi connectivity index (χ2n) is 10.5. The van der Waals surface area contributed by atoms with Gasteiger partial charge in [-0.05, 0) is 19.4 Å². The van der Waals surface area contributed by atoms with Crippen molar-refractivity contribution in [1.82, 2.24) is 9.55 Å². The highest BCUT2D eigenvalue weighted by atomic mass is 31.2. The van der Waals surface area contributed by atoms with Crippen LogP contribution in [0.15, 0.2) is 27.9 Å². The van der Waals surface area contributed by atoms with Gasteiger partial charge in [0.25, 0.3) is 5.56 Å². The molecule has 3 N–H and O–H groups in total. The highest BCUT2D eigenvalue weighted by Gasteiger charge is 2.32. The maximum absolute atomic E-state index is 12.4. The number of H-pyrrole nitrogens is 1. The van der Waals surface area contributed by atoms with Gasteiger partial charge in [0.1, 0.15) is 6.10 Å². The Balaban J connectivity index is 1.60. The van der Waals surface area contributed by atoms with E-state index in [-0.39, 0.29) is 13.0 Å². The number of nitrogens with one attached hydrogen (secondary N) is 1. The van der Waals surface area contributed by atoms with Crippen molar-refractivity contribution >= 4 is 13.8 Å². The predicted octanol–water partition coefficient (Wildman–Crippen LogP) is 5.76. The van der Waals surface area contributed by atoms with E-state index in [1.54, 1.807) is 19.1 Å². The van der Waals surface area contributed by atoms with Gasteiger partial charge >= 0.3 is 19.5 Å². The van der Waals surface area contributed by atoms with Crippen LogP contribution in [0, 0.1) is 6.92 Å². The fourth-order valence-electron chi connectivity index (χ4n) is 4.62. The van der Waals surface area contributed by atoms with Gasteiger partial charge in [-0.25, -0.2) is 14.2 Å². The third kappa shape index (κ3) is 13.1. The SMILES string of the molecule is CCCCCCCCCCCCCCCCC(OP(=O)(O)OC[C@@H]1C=C[C@H](n2cc(C)c(=O)[nH]c2=O)O1)C(=O)O. The van der Waals surface area contributed by atoms with E-state index in [0.717, 1.165) is 19.3 Å². The molecular weight excluding hydrogens is 539 g/mol. The molecule has 0 saturated carbocycles. The topological polar surface area (TPSA) is 157 Å². The predicted molar refractivity (Wildman–Crippen MR) is 152 cm³/mol. The van der Waals surface area contributed by atoms with Gasteiger partial charge in [-0.3, -0.25) is 23.4 Å². The fourth-order valence-corrected chi connectivity index (χ4v) is 5.53. The Hall–Kier alpha value is -2.04. The smallest absolute Gasteiger partial charge is 0.473 e. The number of hydrogen-bond acceptors (Lipinski definition) is 7. The molecule has 0 bridgehead atoms. The summed E-state index contributed by atoms with van der Waals surface area (Å²) < 4.78 is 29.1. The van der Waals surface area contributed by atoms with Crippen LogP contribution in [0.4, 0.5) is 0 Å². The number of aliphatic carboxylic acids is 1. The minimum absolute atomic E-state index is 0.109. The van der Waals surface area contributed by atoms with Gasteiger partial charge < -0.3 is 14.7 Å². The number of aromatic nitrogens is 2. The molecule has 40 heavy (non-hydrogen) atoms. The van der Waals surface area contributed by atoms with Crippen molar-refractivity contribution in [2.24, 2.45) is 0 Å². The molecule has 2 heterocycles. The van der Waals surface area contributed by atoms with Gasteiger partial charge in [-0.15, -0.1) is 0 Å². The van der Waals surface area contributed by atoms with Gasteiger partial charge in [-0.2, -0.15) is 0 Å². The Labute approximate surface area is 236 Å². The summed E-state index contributed by atoms with van der Waals surface area (Å²) in [6.45, 7) is 3.39. The summed E-state index contributed by atoms with van der Waals surface area (Å²) in [6, 6.07) is 0. The van der Waals surface area contributed by atoms with Crippen LogP contribution in [0.25, 0.3) is 0 Å². The first-order valence-electron chi connectivity index (χ1n) is 14.7. The Morgan fingerprint density at radius 2 is 1.55 bits per heavy atom. The Kier molecular flexibility index (Phi) is 15.7. The normalized spacial score (nSPS) is 19.1. The number of phosphoric ester groups is 1. The van der Waals surface area contributed by atoms with Gasteiger partial charge in [0.05, 0.1) is 6.61 Å². The molecule has 0 spiro atoms. The Morgan fingerprint density at radius 1 is 1.00 bits per heavy atom. The van der Waals surface area contributed by atoms with E-state index in [9.17, 15) is 28.9 Å². The molecule has 1 aliphatic rings. The molecule has 0 aromatic carbocycles. The number of phosphoric acid groups is 1. The minimum Gasteiger partial charge on any atom is -0.479 e. The molecular formula is C28H47N2O9P. The summed E-state index contributed by atoms with van der Waals surface area (Å²) in [5, 5.41) is 9.44. The van der Waals surface area contributed by atoms with E-state index < -0.39 is 43.5 Å². The number of unbranched alkanes of at least 4 members (excludes halogenated alkanes) is 13. The van der Waals surface area contributed by atoms with Crippen LogP contribution in [0.3, 0.4) is 0 Å². The molecule has 0 aliphatic carbocycles. The van der Waals surface area contributed by atoms with Crippen LogP contribution in [-0.4, -0.2) is 44.3 Å². The standard InChI is InChI=1S/C28H47N2O9P/c1-3-4-5-6-7-8-9-10-11-12-13-14-15-16-17-24(27(32)33)39-40(35,36)37-21-23-18-19-25(38-23)30-20-22(2)26(31)29-28(30)34/h18-20,23-25H,3-17,21H2,1-2H3,(H,32,33)(H,35,36)(H,29,31,34)/t23-,24?,25+/m0/s1. The highest BCUT2D eigenvalue weighted by Crippen LogP contribution is 2.46. The minimum atomic E-state index is -4.67. The number of nitrogens with zero attached hydrogens (tertiary/aromatic N) is 1. The van der Waals surface area contributed by atoms with Crippen molar-refractivity contribution in [1.29, 1.82) is 0 Å². The first kappa shape index (κ1) is 34.2. The van der Waals surface area contributed by atoms with E-state index in [1.165, 1.54) is 75.0 Å². The maximum atomic E-state index is 12.4. The zero-order valence-electron chi connectivity index (χ0n) is 23.9. The van der Waals surface area contributed by atoms with E-state index in [1.807, 2.05) is 0 Å². The number of carboxylic acid groups (broad SMARTS) is 1. The number of carboxylic acids is 1. The second-order valence-corrected chi connectivity index (χ2v) is 11.9. The molecule has 2 unspecified atom stereocenters. The molecule has 2 rings (SSSR count). The average molecular weight is 587 g/mol. The average Bonchev–Trinajstić information content (AvgIpc) is 3.38. The van der Waals surface area contributed by atoms with E-state index in [4.69, 9.17) is 13.8 Å². The van der Waals surface area contributed by atoms with Crippen LogP contribution in [-0.2, 0) is 23.1 Å². The lowest BCUT2D eigenvalue weighted by Crippen LogP contribution is -2.33. The molecule has 0 saturated heterocycles. The highest BCUT2D eigenvalue weighted by molar-refractivity contribution is 7.47. The number of hydrogen-bond donors (Lipinski definition) is 3. The lowest BCUT2D eigenvalue weighted by Gasteiger charge is -2.20. The number of rotatable bonds is 22. The first-order chi connectivity index (χ1) is 19.1. The van der Waals surface area contributed by atoms with Crippen molar-refractivity contribution in [3.05, 3.63) is 44.8 Å². The summed E-state index contributed by atoms with van der Waals surface area (Å²) in [6.07, 6.45) is 17.9. The van der Waals surface area contributed by atoms with Gasteiger partial charge in [0.15, 0.2) is 12.3 Å². The summed E-state index contributed by atoms with van der Waals surface area (Å²) in [5.41, 5.74) is -0.831. The van der Waals surface area contributed by atoms with Crippen molar-refractivity contribution < 1.29 is 33.1 Å². The molecule has 1 aromatic heterocycles. The quantitative estimate of drug-likeness (QED) is 0.0873. The molecule has 0 fully saturated rings. The monoisotopic (exact) mass is 586 g/mol. The van der Waals surface area contributed by atoms with E-state index in [0.29, 0.717) is 12.0 Å². The maximum Gasteiger partial charge on any atom is 0.473 e. The molecule has 1 aliphatic heterocycles. The van der Waals surface area contributed by atoms with Crippen LogP contribution < -0.4 is 11.2 Å². The molecule has 11 nitrogen and oxygen atoms in total. The second kappa shape index (κ2) is 18.4. The summed E-state index contributed by atoms with van der Waals surface area (Å²) in [7, 11) is -4.67. The number of carbonyl (C=O) groups is 1. The third-order valence-electron chi connectivity index (χ3n) is 6.98. The van der Waals surface area contributed by atoms with Crippen molar-refractivity contribution in [2.45, 2.75) is 129 Å². The van der Waals surface area contributed by atoms with E-state index >= 15 is 0 Å². The van der Waals surface area contributed by atoms with Crippen molar-refractivity contribution in [3.63, 3.8) is 0 Å². The lowest BCUT2D eigenvalue weighted by molar-refractivity contribution is -0.146. The zero-order chi connectivity index (χ0) is 29.4. The number of ether oxygens (including phenoxy) is 1. The Bertz CT molecular complexity index is 1080.